The van der Waals surface area contributed by atoms with Crippen LogP contribution in [0.5, 0.6) is 0 Å². The maximum absolute atomic E-state index is 14.2. The first-order chi connectivity index (χ1) is 31.5. The summed E-state index contributed by atoms with van der Waals surface area (Å²) in [6.45, 7) is 12.6. The molecule has 0 aliphatic carbocycles. The molecule has 0 aliphatic rings. The number of anilines is 2. The summed E-state index contributed by atoms with van der Waals surface area (Å²) in [7, 11) is -8.82. The molecule has 4 N–H and O–H groups in total. The number of thiophene rings is 2. The summed E-state index contributed by atoms with van der Waals surface area (Å²) in [4.78, 5) is 47.5. The van der Waals surface area contributed by atoms with Crippen molar-refractivity contribution < 1.29 is 37.6 Å². The van der Waals surface area contributed by atoms with E-state index in [0.29, 0.717) is 32.4 Å². The predicted molar refractivity (Wildman–Crippen MR) is 289 cm³/mol. The fraction of sp³-hybridized carbons (Fsp3) is 0.224. The minimum atomic E-state index is -4.89. The minimum Gasteiger partial charge on any atom is -0.325 e. The Bertz CT molecular complexity index is 3180. The summed E-state index contributed by atoms with van der Waals surface area (Å²) in [5.41, 5.74) is 1.88. The van der Waals surface area contributed by atoms with Gasteiger partial charge in [0.2, 0.25) is 11.8 Å². The van der Waals surface area contributed by atoms with Crippen molar-refractivity contribution in [1.29, 1.82) is 0 Å². The lowest BCUT2D eigenvalue weighted by atomic mass is 9.98. The van der Waals surface area contributed by atoms with E-state index >= 15 is 0 Å². The number of carbonyl (C=O) groups is 2. The lowest BCUT2D eigenvalue weighted by Crippen LogP contribution is -2.38. The quantitative estimate of drug-likeness (QED) is 0.0536. The molecule has 352 valence electrons. The van der Waals surface area contributed by atoms with Crippen molar-refractivity contribution in [3.05, 3.63) is 153 Å². The summed E-state index contributed by atoms with van der Waals surface area (Å²) in [6, 6.07) is 37.1. The highest BCUT2D eigenvalue weighted by molar-refractivity contribution is 9.26. The first-order valence-electron chi connectivity index (χ1n) is 21.1. The number of fused-ring (bicyclic) bond motifs is 4. The summed E-state index contributed by atoms with van der Waals surface area (Å²) in [5.74, 6) is -1.25. The van der Waals surface area contributed by atoms with E-state index in [0.717, 1.165) is 36.3 Å². The molecule has 0 spiro atoms. The lowest BCUT2D eigenvalue weighted by Gasteiger charge is -2.34. The molecule has 2 heterocycles. The van der Waals surface area contributed by atoms with Crippen LogP contribution in [0.2, 0.25) is 29.7 Å². The van der Waals surface area contributed by atoms with E-state index in [9.17, 15) is 28.5 Å². The monoisotopic (exact) mass is 1100 g/mol. The highest BCUT2D eigenvalue weighted by Crippen LogP contribution is 2.66. The Balaban J connectivity index is 0.000000202. The van der Waals surface area contributed by atoms with E-state index in [4.69, 9.17) is 32.2 Å². The fourth-order valence-electron chi connectivity index (χ4n) is 7.24. The molecule has 2 aromatic heterocycles. The van der Waals surface area contributed by atoms with E-state index < -0.39 is 44.0 Å². The summed E-state index contributed by atoms with van der Waals surface area (Å²) >= 11 is 18.6. The molecule has 10 nitrogen and oxygen atoms in total. The number of halogens is 3. The third-order valence-electron chi connectivity index (χ3n) is 10.7. The number of nitrogens with one attached hydrogen (secondary N) is 2. The van der Waals surface area contributed by atoms with E-state index in [2.05, 4.69) is 45.6 Å². The Morgan fingerprint density at radius 2 is 1.00 bits per heavy atom. The lowest BCUT2D eigenvalue weighted by molar-refractivity contribution is -0.119. The largest absolute Gasteiger partial charge is 0.350 e. The van der Waals surface area contributed by atoms with Crippen molar-refractivity contribution in [2.45, 2.75) is 57.6 Å². The molecule has 0 aliphatic heterocycles. The van der Waals surface area contributed by atoms with Gasteiger partial charge in [-0.15, -0.1) is 38.0 Å². The number of hydrogen-bond donors (Lipinski definition) is 4. The number of hydrogen-bond acceptors (Lipinski definition) is 8. The van der Waals surface area contributed by atoms with Crippen molar-refractivity contribution in [2.24, 2.45) is 0 Å². The Morgan fingerprint density at radius 3 is 1.39 bits per heavy atom. The molecule has 18 heteroatoms. The third-order valence-corrected chi connectivity index (χ3v) is 17.5. The molecule has 8 rings (SSSR count). The maximum Gasteiger partial charge on any atom is 0.350 e. The van der Waals surface area contributed by atoms with Gasteiger partial charge in [0.1, 0.15) is 6.69 Å². The van der Waals surface area contributed by atoms with Crippen molar-refractivity contribution in [3.8, 4) is 0 Å². The van der Waals surface area contributed by atoms with Gasteiger partial charge in [-0.1, -0.05) is 104 Å². The molecule has 0 saturated heterocycles. The van der Waals surface area contributed by atoms with Crippen LogP contribution in [0.4, 0.5) is 11.4 Å². The second-order valence-electron chi connectivity index (χ2n) is 16.7. The zero-order valence-electron chi connectivity index (χ0n) is 37.8. The smallest absolute Gasteiger partial charge is 0.325 e. The molecule has 0 fully saturated rings. The minimum absolute atomic E-state index is 0.138. The standard InChI is InChI=1S/C25H25ClNO4PS.C21H17ClNO4PS.C3H9BrSi/c1-4-30-32(29,31-5-2)25(3,22-16-33-23-13-11-19(26)15-21(22)23)24(28)27-20-12-10-17-8-6-7-9-18(17)14-20;1-21(28(25,26)27,18-12-29-19-9-7-15(22)11-17(18)19)20(24)23-16-8-6-13-4-2-3-5-14(13)10-16;1-5(2,3)4/h6-16H,4-5H2,1-3H3,(H,27,28);2-12H,1H3,(H,23,24)(H2,25,26,27);1-3H3. The van der Waals surface area contributed by atoms with Crippen molar-refractivity contribution >= 4 is 148 Å². The van der Waals surface area contributed by atoms with Crippen LogP contribution < -0.4 is 10.6 Å². The highest BCUT2D eigenvalue weighted by atomic mass is 79.9. The fourth-order valence-corrected chi connectivity index (χ4v) is 12.7. The Labute approximate surface area is 417 Å². The Kier molecular flexibility index (Phi) is 16.9. The zero-order valence-corrected chi connectivity index (χ0v) is 45.3. The first kappa shape index (κ1) is 52.6. The molecule has 2 amide bonds. The molecule has 8 aromatic rings. The first-order valence-corrected chi connectivity index (χ1v) is 32.5. The topological polar surface area (TPSA) is 151 Å². The zero-order chi connectivity index (χ0) is 49.0. The second kappa shape index (κ2) is 21.5. The van der Waals surface area contributed by atoms with Gasteiger partial charge < -0.3 is 29.5 Å². The van der Waals surface area contributed by atoms with Crippen LogP contribution in [-0.2, 0) is 38.1 Å². The molecular formula is C49H51BrCl2N2O8P2S2Si. The predicted octanol–water partition coefficient (Wildman–Crippen LogP) is 15.8. The van der Waals surface area contributed by atoms with E-state index in [1.807, 2.05) is 84.2 Å². The van der Waals surface area contributed by atoms with Gasteiger partial charge >= 0.3 is 15.2 Å². The van der Waals surface area contributed by atoms with Crippen molar-refractivity contribution in [2.75, 3.05) is 23.8 Å². The summed E-state index contributed by atoms with van der Waals surface area (Å²) in [6.07, 6.45) is 0. The van der Waals surface area contributed by atoms with Gasteiger partial charge in [-0.3, -0.25) is 18.7 Å². The van der Waals surface area contributed by atoms with Crippen LogP contribution in [0, 0.1) is 0 Å². The normalized spacial score (nSPS) is 13.8. The molecule has 0 saturated carbocycles. The van der Waals surface area contributed by atoms with Gasteiger partial charge in [-0.25, -0.2) is 0 Å². The van der Waals surface area contributed by atoms with Crippen LogP contribution in [0.15, 0.2) is 132 Å². The third kappa shape index (κ3) is 11.8. The van der Waals surface area contributed by atoms with Crippen molar-refractivity contribution in [3.63, 3.8) is 0 Å². The summed E-state index contributed by atoms with van der Waals surface area (Å²) < 4.78 is 39.8. The van der Waals surface area contributed by atoms with Gasteiger partial charge in [0.25, 0.3) is 0 Å². The molecular weight excluding hydrogens is 1050 g/mol. The van der Waals surface area contributed by atoms with Gasteiger partial charge in [0.15, 0.2) is 10.3 Å². The van der Waals surface area contributed by atoms with Crippen LogP contribution >= 0.6 is 76.4 Å². The summed E-state index contributed by atoms with van der Waals surface area (Å²) in [5, 5.41) is 11.7. The van der Waals surface area contributed by atoms with Gasteiger partial charge in [0, 0.05) is 30.8 Å². The van der Waals surface area contributed by atoms with E-state index in [-0.39, 0.29) is 18.8 Å². The van der Waals surface area contributed by atoms with Crippen LogP contribution in [-0.4, -0.2) is 41.5 Å². The number of rotatable bonds is 12. The molecule has 6 aromatic carbocycles. The number of carbonyl (C=O) groups excluding carboxylic acids is 2. The van der Waals surface area contributed by atoms with Gasteiger partial charge in [-0.2, -0.15) is 0 Å². The van der Waals surface area contributed by atoms with Gasteiger partial charge in [-0.05, 0) is 143 Å². The number of benzene rings is 6. The van der Waals surface area contributed by atoms with E-state index in [1.165, 1.54) is 29.6 Å². The van der Waals surface area contributed by atoms with Crippen molar-refractivity contribution in [1.82, 2.24) is 0 Å². The average molecular weight is 1100 g/mol. The van der Waals surface area contributed by atoms with Crippen LogP contribution in [0.1, 0.15) is 38.8 Å². The Hall–Kier alpha value is -3.72. The maximum atomic E-state index is 14.2. The van der Waals surface area contributed by atoms with E-state index in [1.54, 1.807) is 68.6 Å². The van der Waals surface area contributed by atoms with Crippen LogP contribution in [0.25, 0.3) is 41.7 Å². The SMILES string of the molecule is CC(C(=O)Nc1ccc2ccccc2c1)(c1csc2ccc(Cl)cc12)P(=O)(O)O.CCOP(=O)(OCC)C(C)(C(=O)Nc1ccc2ccccc2c1)c1csc2ccc(Cl)cc12.C[Si](C)(C)Br. The molecule has 0 bridgehead atoms. The molecule has 0 radical (unpaired) electrons. The van der Waals surface area contributed by atoms with Crippen LogP contribution in [0.3, 0.4) is 0 Å². The molecule has 2 atom stereocenters. The van der Waals surface area contributed by atoms with Gasteiger partial charge in [0.05, 0.1) is 13.2 Å². The number of amides is 2. The molecule has 2 unspecified atom stereocenters. The Morgan fingerprint density at radius 1 is 0.627 bits per heavy atom. The molecule has 67 heavy (non-hydrogen) atoms. The average Bonchev–Trinajstić information content (AvgIpc) is 3.89. The highest BCUT2D eigenvalue weighted by Gasteiger charge is 2.56. The second-order valence-corrected chi connectivity index (χ2v) is 35.1.